The molecule has 1 aliphatic heterocycles. The van der Waals surface area contributed by atoms with Gasteiger partial charge in [0.15, 0.2) is 6.29 Å². The van der Waals surface area contributed by atoms with E-state index in [9.17, 15) is 9.59 Å². The van der Waals surface area contributed by atoms with Gasteiger partial charge in [0, 0.05) is 12.5 Å². The maximum atomic E-state index is 12.9. The summed E-state index contributed by atoms with van der Waals surface area (Å²) < 4.78 is 12.4. The average Bonchev–Trinajstić information content (AvgIpc) is 3.41. The lowest BCUT2D eigenvalue weighted by Gasteiger charge is -2.67. The summed E-state index contributed by atoms with van der Waals surface area (Å²) in [5.74, 6) is 3.42. The Balaban J connectivity index is 0.000000695. The van der Waals surface area contributed by atoms with Gasteiger partial charge in [-0.1, -0.05) is 47.1 Å². The Morgan fingerprint density at radius 3 is 2.33 bits per heavy atom. The van der Waals surface area contributed by atoms with Crippen molar-refractivity contribution in [1.82, 2.24) is 0 Å². The molecule has 1 heterocycles. The smallest absolute Gasteiger partial charge is 0.157 e. The SMILES string of the molecule is C=CC.CC.CC1C(=O)C(C=O)CC2(C)C1CCC1(C)C3CCC4(COC5CCCCO5)CCCC4C3CCC21. The van der Waals surface area contributed by atoms with Gasteiger partial charge >= 0.3 is 0 Å². The molecule has 0 aromatic carbocycles. The van der Waals surface area contributed by atoms with E-state index in [2.05, 4.69) is 27.4 Å². The van der Waals surface area contributed by atoms with Gasteiger partial charge in [0.1, 0.15) is 12.1 Å². The number of hydrogen-bond acceptors (Lipinski definition) is 4. The number of ketones is 1. The van der Waals surface area contributed by atoms with Crippen LogP contribution in [0.15, 0.2) is 12.7 Å². The Bertz CT molecular complexity index is 878. The molecule has 0 aromatic rings. The first-order chi connectivity index (χ1) is 19.2. The molecule has 6 aliphatic rings. The lowest BCUT2D eigenvalue weighted by molar-refractivity contribution is -0.211. The maximum Gasteiger partial charge on any atom is 0.157 e. The molecule has 11 unspecified atom stereocenters. The van der Waals surface area contributed by atoms with Crippen LogP contribution in [0.1, 0.15) is 125 Å². The fraction of sp³-hybridized carbons (Fsp3) is 0.889. The Hall–Kier alpha value is -1.00. The maximum absolute atomic E-state index is 12.9. The molecule has 0 N–H and O–H groups in total. The number of ether oxygens (including phenoxy) is 2. The zero-order valence-electron chi connectivity index (χ0n) is 26.7. The average molecular weight is 557 g/mol. The molecule has 11 atom stereocenters. The first-order valence-corrected chi connectivity index (χ1v) is 17.0. The van der Waals surface area contributed by atoms with Crippen LogP contribution in [0.25, 0.3) is 0 Å². The molecule has 0 aromatic heterocycles. The highest BCUT2D eigenvalue weighted by Crippen LogP contribution is 2.71. The molecule has 4 nitrogen and oxygen atoms in total. The van der Waals surface area contributed by atoms with Gasteiger partial charge in [-0.25, -0.2) is 0 Å². The fourth-order valence-corrected chi connectivity index (χ4v) is 11.4. The predicted molar refractivity (Wildman–Crippen MR) is 163 cm³/mol. The van der Waals surface area contributed by atoms with Crippen LogP contribution in [0.2, 0.25) is 0 Å². The first-order valence-electron chi connectivity index (χ1n) is 17.0. The number of carbonyl (C=O) groups is 2. The summed E-state index contributed by atoms with van der Waals surface area (Å²) in [7, 11) is 0. The van der Waals surface area contributed by atoms with E-state index in [4.69, 9.17) is 9.47 Å². The normalized spacial score (nSPS) is 47.5. The quantitative estimate of drug-likeness (QED) is 0.197. The molecular formula is C36H60O4. The van der Waals surface area contributed by atoms with Crippen LogP contribution in [0, 0.1) is 57.7 Å². The van der Waals surface area contributed by atoms with Crippen molar-refractivity contribution in [2.45, 2.75) is 131 Å². The van der Waals surface area contributed by atoms with E-state index in [1.165, 1.54) is 70.6 Å². The summed E-state index contributed by atoms with van der Waals surface area (Å²) in [5, 5.41) is 0. The zero-order chi connectivity index (χ0) is 29.1. The molecule has 5 saturated carbocycles. The minimum Gasteiger partial charge on any atom is -0.353 e. The van der Waals surface area contributed by atoms with Crippen molar-refractivity contribution < 1.29 is 19.1 Å². The summed E-state index contributed by atoms with van der Waals surface area (Å²) >= 11 is 0. The van der Waals surface area contributed by atoms with E-state index in [0.717, 1.165) is 50.1 Å². The van der Waals surface area contributed by atoms with Crippen LogP contribution in [-0.2, 0) is 19.1 Å². The molecule has 0 amide bonds. The van der Waals surface area contributed by atoms with E-state index in [-0.39, 0.29) is 29.3 Å². The third-order valence-corrected chi connectivity index (χ3v) is 13.0. The van der Waals surface area contributed by atoms with Gasteiger partial charge in [0.2, 0.25) is 0 Å². The van der Waals surface area contributed by atoms with Crippen LogP contribution in [0.3, 0.4) is 0 Å². The number of allylic oxidation sites excluding steroid dienone is 1. The third-order valence-electron chi connectivity index (χ3n) is 13.0. The highest BCUT2D eigenvalue weighted by atomic mass is 16.7. The Kier molecular flexibility index (Phi) is 10.5. The van der Waals surface area contributed by atoms with E-state index < -0.39 is 0 Å². The van der Waals surface area contributed by atoms with Crippen molar-refractivity contribution in [1.29, 1.82) is 0 Å². The van der Waals surface area contributed by atoms with Gasteiger partial charge in [-0.05, 0) is 130 Å². The monoisotopic (exact) mass is 556 g/mol. The third kappa shape index (κ3) is 5.43. The molecule has 5 aliphatic carbocycles. The lowest BCUT2D eigenvalue weighted by atomic mass is 9.37. The molecule has 1 saturated heterocycles. The second kappa shape index (κ2) is 13.1. The number of aldehydes is 1. The molecule has 0 bridgehead atoms. The molecule has 6 rings (SSSR count). The fourth-order valence-electron chi connectivity index (χ4n) is 11.4. The second-order valence-electron chi connectivity index (χ2n) is 14.6. The topological polar surface area (TPSA) is 52.6 Å². The molecule has 0 spiro atoms. The Morgan fingerprint density at radius 2 is 1.65 bits per heavy atom. The van der Waals surface area contributed by atoms with Gasteiger partial charge in [-0.15, -0.1) is 6.58 Å². The van der Waals surface area contributed by atoms with Crippen LogP contribution in [-0.4, -0.2) is 31.6 Å². The summed E-state index contributed by atoms with van der Waals surface area (Å²) in [5.41, 5.74) is 0.854. The van der Waals surface area contributed by atoms with Gasteiger partial charge in [0.05, 0.1) is 12.5 Å². The van der Waals surface area contributed by atoms with E-state index >= 15 is 0 Å². The minimum atomic E-state index is -0.376. The molecule has 40 heavy (non-hydrogen) atoms. The Labute approximate surface area is 245 Å². The molecular weight excluding hydrogens is 496 g/mol. The van der Waals surface area contributed by atoms with Crippen LogP contribution >= 0.6 is 0 Å². The predicted octanol–water partition coefficient (Wildman–Crippen LogP) is 8.82. The number of carbonyl (C=O) groups excluding carboxylic acids is 2. The van der Waals surface area contributed by atoms with Gasteiger partial charge in [0.25, 0.3) is 0 Å². The highest BCUT2D eigenvalue weighted by molar-refractivity contribution is 5.95. The first kappa shape index (κ1) is 31.9. The van der Waals surface area contributed by atoms with Crippen LogP contribution in [0.4, 0.5) is 0 Å². The number of Topliss-reactive ketones (excluding diaryl/α,β-unsaturated/α-hetero) is 1. The summed E-state index contributed by atoms with van der Waals surface area (Å²) in [6.45, 7) is 18.2. The van der Waals surface area contributed by atoms with Crippen molar-refractivity contribution in [3.8, 4) is 0 Å². The zero-order valence-corrected chi connectivity index (χ0v) is 26.7. The van der Waals surface area contributed by atoms with Crippen molar-refractivity contribution in [2.75, 3.05) is 13.2 Å². The standard InChI is InChI=1S/C31H48O4.C3H6.C2H6/c1-20-23-11-14-29(2)24-12-15-31(19-35-27-8-4-5-16-34-27)13-6-7-25(31)22(24)9-10-26(29)30(23,3)17-21(18-32)28(20)33;1-3-2;1-2/h18,20-27H,4-17,19H2,1-3H3;3H,1H2,2H3;1-2H3. The summed E-state index contributed by atoms with van der Waals surface area (Å²) in [6, 6.07) is 0. The number of rotatable bonds is 4. The molecule has 228 valence electrons. The molecule has 4 heteroatoms. The van der Waals surface area contributed by atoms with Crippen LogP contribution < -0.4 is 0 Å². The van der Waals surface area contributed by atoms with Crippen molar-refractivity contribution >= 4 is 12.1 Å². The van der Waals surface area contributed by atoms with Crippen molar-refractivity contribution in [2.24, 2.45) is 57.7 Å². The molecule has 6 fully saturated rings. The van der Waals surface area contributed by atoms with Gasteiger partial charge in [-0.3, -0.25) is 4.79 Å². The van der Waals surface area contributed by atoms with Crippen molar-refractivity contribution in [3.63, 3.8) is 0 Å². The van der Waals surface area contributed by atoms with Crippen LogP contribution in [0.5, 0.6) is 0 Å². The lowest BCUT2D eigenvalue weighted by Crippen LogP contribution is -2.62. The van der Waals surface area contributed by atoms with E-state index in [0.29, 0.717) is 22.7 Å². The summed E-state index contributed by atoms with van der Waals surface area (Å²) in [4.78, 5) is 24.8. The number of fused-ring (bicyclic) bond motifs is 7. The second-order valence-corrected chi connectivity index (χ2v) is 14.6. The Morgan fingerprint density at radius 1 is 0.925 bits per heavy atom. The van der Waals surface area contributed by atoms with E-state index in [1.807, 2.05) is 20.8 Å². The minimum absolute atomic E-state index is 0.0300. The van der Waals surface area contributed by atoms with Gasteiger partial charge in [-0.2, -0.15) is 0 Å². The largest absolute Gasteiger partial charge is 0.353 e. The van der Waals surface area contributed by atoms with Gasteiger partial charge < -0.3 is 14.3 Å². The summed E-state index contributed by atoms with van der Waals surface area (Å²) in [6.07, 6.45) is 18.9. The highest BCUT2D eigenvalue weighted by Gasteiger charge is 2.65. The number of hydrogen-bond donors (Lipinski definition) is 0. The van der Waals surface area contributed by atoms with E-state index in [1.54, 1.807) is 6.08 Å². The van der Waals surface area contributed by atoms with Crippen molar-refractivity contribution in [3.05, 3.63) is 12.7 Å². The molecule has 0 radical (unpaired) electrons.